The monoisotopic (exact) mass is 121 g/mol. The van der Waals surface area contributed by atoms with Gasteiger partial charge in [-0.25, -0.2) is 0 Å². The summed E-state index contributed by atoms with van der Waals surface area (Å²) < 4.78 is 0. The second kappa shape index (κ2) is 3.98. The molecule has 3 heteroatoms. The van der Waals surface area contributed by atoms with Gasteiger partial charge in [0.2, 0.25) is 0 Å². The molecule has 0 aromatic carbocycles. The molecular formula is C6H6BO2. The van der Waals surface area contributed by atoms with Crippen molar-refractivity contribution in [3.63, 3.8) is 0 Å². The van der Waals surface area contributed by atoms with E-state index >= 15 is 0 Å². The number of allylic oxidation sites excluding steroid dienone is 4. The fraction of sp³-hybridized carbons (Fsp3) is 0. The van der Waals surface area contributed by atoms with Gasteiger partial charge in [0.15, 0.2) is 0 Å². The van der Waals surface area contributed by atoms with Crippen LogP contribution < -0.4 is 0 Å². The van der Waals surface area contributed by atoms with Crippen LogP contribution in [0.25, 0.3) is 0 Å². The lowest BCUT2D eigenvalue weighted by atomic mass is 10.0. The molecule has 2 nitrogen and oxygen atoms in total. The zero-order chi connectivity index (χ0) is 6.36. The van der Waals surface area contributed by atoms with Crippen LogP contribution in [0.4, 0.5) is 0 Å². The van der Waals surface area contributed by atoms with E-state index in [1.165, 1.54) is 13.7 Å². The van der Waals surface area contributed by atoms with Crippen molar-refractivity contribution in [2.45, 2.75) is 0 Å². The van der Waals surface area contributed by atoms with Crippen LogP contribution in [0.15, 0.2) is 36.5 Å². The Balaban J connectivity index is 2.45. The molecule has 0 saturated heterocycles. The molecule has 1 heterocycles. The molecule has 1 radical (unpaired) electrons. The quantitative estimate of drug-likeness (QED) is 0.353. The van der Waals surface area contributed by atoms with Gasteiger partial charge in [-0.3, -0.25) is 4.81 Å². The van der Waals surface area contributed by atoms with Crippen LogP contribution in [0.5, 0.6) is 0 Å². The van der Waals surface area contributed by atoms with Crippen LogP contribution in [0, 0.1) is 0 Å². The van der Waals surface area contributed by atoms with Gasteiger partial charge < -0.3 is 4.89 Å². The fourth-order valence-electron chi connectivity index (χ4n) is 0.411. The van der Waals surface area contributed by atoms with Gasteiger partial charge >= 0.3 is 7.48 Å². The van der Waals surface area contributed by atoms with Gasteiger partial charge in [0.1, 0.15) is 6.26 Å². The smallest absolute Gasteiger partial charge is 0.362 e. The second-order valence-electron chi connectivity index (χ2n) is 1.43. The summed E-state index contributed by atoms with van der Waals surface area (Å²) in [5.41, 5.74) is 0. The molecule has 0 aromatic heterocycles. The van der Waals surface area contributed by atoms with E-state index in [1.807, 2.05) is 18.2 Å². The Kier molecular flexibility index (Phi) is 2.73. The van der Waals surface area contributed by atoms with E-state index in [9.17, 15) is 0 Å². The van der Waals surface area contributed by atoms with Crippen molar-refractivity contribution in [1.82, 2.24) is 0 Å². The highest BCUT2D eigenvalue weighted by Crippen LogP contribution is 1.86. The Bertz CT molecular complexity index is 133. The standard InChI is InChI=1S/C6H6BO2/c1-2-4-6-8-9-7-5-3-1/h1-6H. The molecule has 0 atom stereocenters. The Morgan fingerprint density at radius 2 is 1.89 bits per heavy atom. The van der Waals surface area contributed by atoms with Crippen molar-refractivity contribution < 1.29 is 9.69 Å². The third-order valence-corrected chi connectivity index (χ3v) is 0.768. The van der Waals surface area contributed by atoms with E-state index in [1.54, 1.807) is 12.1 Å². The molecule has 0 unspecified atom stereocenters. The third-order valence-electron chi connectivity index (χ3n) is 0.768. The van der Waals surface area contributed by atoms with Crippen molar-refractivity contribution in [3.8, 4) is 0 Å². The van der Waals surface area contributed by atoms with Gasteiger partial charge in [0.25, 0.3) is 0 Å². The summed E-state index contributed by atoms with van der Waals surface area (Å²) in [4.78, 5) is 9.03. The zero-order valence-electron chi connectivity index (χ0n) is 4.86. The van der Waals surface area contributed by atoms with Gasteiger partial charge in [0.05, 0.1) is 0 Å². The molecule has 0 saturated carbocycles. The summed E-state index contributed by atoms with van der Waals surface area (Å²) in [6.45, 7) is 0. The van der Waals surface area contributed by atoms with Crippen LogP contribution >= 0.6 is 0 Å². The van der Waals surface area contributed by atoms with Gasteiger partial charge in [-0.2, -0.15) is 0 Å². The molecule has 0 fully saturated rings. The first-order valence-corrected chi connectivity index (χ1v) is 2.64. The van der Waals surface area contributed by atoms with Gasteiger partial charge in [-0.1, -0.05) is 24.2 Å². The molecule has 0 amide bonds. The Hall–Kier alpha value is -0.955. The van der Waals surface area contributed by atoms with E-state index < -0.39 is 0 Å². The average Bonchev–Trinajstić information content (AvgIpc) is 2.00. The van der Waals surface area contributed by atoms with Gasteiger partial charge in [-0.05, 0) is 6.08 Å². The maximum Gasteiger partial charge on any atom is 0.391 e. The van der Waals surface area contributed by atoms with Crippen molar-refractivity contribution >= 4 is 7.48 Å². The fourth-order valence-corrected chi connectivity index (χ4v) is 0.411. The SMILES string of the molecule is [B]1C=CC=CC=COO1. The van der Waals surface area contributed by atoms with Crippen molar-refractivity contribution in [2.24, 2.45) is 0 Å². The minimum atomic E-state index is 1.46. The minimum Gasteiger partial charge on any atom is -0.362 e. The second-order valence-corrected chi connectivity index (χ2v) is 1.43. The van der Waals surface area contributed by atoms with Crippen LogP contribution in [0.3, 0.4) is 0 Å². The summed E-state index contributed by atoms with van der Waals surface area (Å²) in [7, 11) is 1.46. The zero-order valence-corrected chi connectivity index (χ0v) is 4.86. The number of hydrogen-bond acceptors (Lipinski definition) is 2. The molecule has 0 spiro atoms. The predicted octanol–water partition coefficient (Wildman–Crippen LogP) is 1.15. The van der Waals surface area contributed by atoms with E-state index in [0.717, 1.165) is 0 Å². The Morgan fingerprint density at radius 1 is 1.00 bits per heavy atom. The normalized spacial score (nSPS) is 16.9. The molecule has 1 aliphatic heterocycles. The molecule has 45 valence electrons. The molecular weight excluding hydrogens is 115 g/mol. The van der Waals surface area contributed by atoms with Crippen molar-refractivity contribution in [2.75, 3.05) is 0 Å². The van der Waals surface area contributed by atoms with Crippen LogP contribution in [0.1, 0.15) is 0 Å². The first-order valence-electron chi connectivity index (χ1n) is 2.64. The summed E-state index contributed by atoms with van der Waals surface area (Å²) >= 11 is 0. The number of rotatable bonds is 0. The van der Waals surface area contributed by atoms with E-state index in [0.29, 0.717) is 0 Å². The predicted molar refractivity (Wildman–Crippen MR) is 35.3 cm³/mol. The third kappa shape index (κ3) is 2.77. The van der Waals surface area contributed by atoms with Gasteiger partial charge in [-0.15, -0.1) is 0 Å². The molecule has 9 heavy (non-hydrogen) atoms. The van der Waals surface area contributed by atoms with Crippen molar-refractivity contribution in [3.05, 3.63) is 36.5 Å². The molecule has 1 aliphatic rings. The summed E-state index contributed by atoms with van der Waals surface area (Å²) in [6.07, 6.45) is 8.77. The van der Waals surface area contributed by atoms with E-state index in [2.05, 4.69) is 9.69 Å². The summed E-state index contributed by atoms with van der Waals surface area (Å²) in [5, 5.41) is 0. The first kappa shape index (κ1) is 6.17. The van der Waals surface area contributed by atoms with Crippen LogP contribution in [-0.4, -0.2) is 7.48 Å². The van der Waals surface area contributed by atoms with Gasteiger partial charge in [0, 0.05) is 0 Å². The highest BCUT2D eigenvalue weighted by atomic mass is 17.2. The first-order chi connectivity index (χ1) is 4.50. The number of hydrogen-bond donors (Lipinski definition) is 0. The van der Waals surface area contributed by atoms with Crippen LogP contribution in [-0.2, 0) is 9.69 Å². The highest BCUT2D eigenvalue weighted by Gasteiger charge is 1.83. The Morgan fingerprint density at radius 3 is 2.89 bits per heavy atom. The summed E-state index contributed by atoms with van der Waals surface area (Å²) in [5.74, 6) is 1.74. The molecule has 0 aromatic rings. The Labute approximate surface area is 54.7 Å². The molecule has 1 rings (SSSR count). The molecule has 0 N–H and O–H groups in total. The average molecular weight is 121 g/mol. The lowest BCUT2D eigenvalue weighted by molar-refractivity contribution is -0.147. The summed E-state index contributed by atoms with van der Waals surface area (Å²) in [6, 6.07) is 0. The van der Waals surface area contributed by atoms with E-state index in [4.69, 9.17) is 0 Å². The minimum absolute atomic E-state index is 1.46. The lowest BCUT2D eigenvalue weighted by Gasteiger charge is -1.91. The maximum atomic E-state index is 4.52. The maximum absolute atomic E-state index is 4.52. The highest BCUT2D eigenvalue weighted by molar-refractivity contribution is 6.34. The van der Waals surface area contributed by atoms with E-state index in [-0.39, 0.29) is 0 Å². The largest absolute Gasteiger partial charge is 0.391 e. The van der Waals surface area contributed by atoms with Crippen molar-refractivity contribution in [1.29, 1.82) is 0 Å². The lowest BCUT2D eigenvalue weighted by Crippen LogP contribution is -1.90. The topological polar surface area (TPSA) is 18.5 Å². The molecule has 0 aliphatic carbocycles. The van der Waals surface area contributed by atoms with Crippen LogP contribution in [0.2, 0.25) is 0 Å². The molecule has 0 bridgehead atoms.